The normalized spacial score (nSPS) is 9.30. The van der Waals surface area contributed by atoms with E-state index in [0.717, 1.165) is 8.58 Å². The molecule has 1 aromatic rings. The van der Waals surface area contributed by atoms with Gasteiger partial charge in [0, 0.05) is 0 Å². The number of halogens is 1. The highest BCUT2D eigenvalue weighted by Gasteiger charge is 2.01. The molecule has 1 aromatic heterocycles. The Morgan fingerprint density at radius 1 is 1.90 bits per heavy atom. The van der Waals surface area contributed by atoms with Gasteiger partial charge in [0.25, 0.3) is 6.47 Å². The molecule has 0 bridgehead atoms. The van der Waals surface area contributed by atoms with Crippen molar-refractivity contribution in [2.45, 2.75) is 6.61 Å². The Labute approximate surface area is 75.6 Å². The van der Waals surface area contributed by atoms with Crippen LogP contribution in [0.15, 0.2) is 5.51 Å². The Morgan fingerprint density at radius 3 is 3.20 bits per heavy atom. The Kier molecular flexibility index (Phi) is 3.07. The van der Waals surface area contributed by atoms with Crippen LogP contribution in [-0.4, -0.2) is 11.5 Å². The zero-order valence-electron chi connectivity index (χ0n) is 4.91. The second-order valence-corrected chi connectivity index (χ2v) is 4.15. The summed E-state index contributed by atoms with van der Waals surface area (Å²) in [7, 11) is 0. The molecule has 3 nitrogen and oxygen atoms in total. The molecule has 0 saturated heterocycles. The second-order valence-electron chi connectivity index (χ2n) is 1.48. The Balaban J connectivity index is 2.56. The molecule has 0 atom stereocenters. The second kappa shape index (κ2) is 3.87. The number of carbonyl (C=O) groups excluding carboxylic acids is 1. The lowest BCUT2D eigenvalue weighted by atomic mass is 10.5. The molecule has 1 heterocycles. The number of thiazole rings is 1. The summed E-state index contributed by atoms with van der Waals surface area (Å²) in [6.07, 6.45) is 0. The predicted molar refractivity (Wildman–Crippen MR) is 45.7 cm³/mol. The smallest absolute Gasteiger partial charge is 0.293 e. The fourth-order valence-electron chi connectivity index (χ4n) is 0.462. The lowest BCUT2D eigenvalue weighted by molar-refractivity contribution is -0.129. The van der Waals surface area contributed by atoms with Crippen molar-refractivity contribution in [3.63, 3.8) is 0 Å². The predicted octanol–water partition coefficient (Wildman–Crippen LogP) is 1.42. The highest BCUT2D eigenvalue weighted by atomic mass is 127. The summed E-state index contributed by atoms with van der Waals surface area (Å²) in [5.41, 5.74) is 2.56. The first-order chi connectivity index (χ1) is 4.84. The summed E-state index contributed by atoms with van der Waals surface area (Å²) in [5.74, 6) is 0. The van der Waals surface area contributed by atoms with E-state index in [2.05, 4.69) is 32.3 Å². The van der Waals surface area contributed by atoms with Gasteiger partial charge in [-0.05, 0) is 22.6 Å². The Morgan fingerprint density at radius 2 is 2.70 bits per heavy atom. The molecule has 0 aromatic carbocycles. The minimum absolute atomic E-state index is 0.283. The van der Waals surface area contributed by atoms with E-state index >= 15 is 0 Å². The maximum absolute atomic E-state index is 9.76. The molecular weight excluding hydrogens is 265 g/mol. The van der Waals surface area contributed by atoms with Gasteiger partial charge in [-0.25, -0.2) is 4.98 Å². The van der Waals surface area contributed by atoms with Gasteiger partial charge < -0.3 is 4.74 Å². The first kappa shape index (κ1) is 7.93. The molecule has 0 spiro atoms. The third-order valence-electron chi connectivity index (χ3n) is 0.880. The van der Waals surface area contributed by atoms with Gasteiger partial charge >= 0.3 is 0 Å². The maximum atomic E-state index is 9.76. The molecule has 1 rings (SSSR count). The van der Waals surface area contributed by atoms with Crippen LogP contribution in [0.4, 0.5) is 0 Å². The van der Waals surface area contributed by atoms with Crippen molar-refractivity contribution in [2.24, 2.45) is 0 Å². The van der Waals surface area contributed by atoms with Gasteiger partial charge in [0.15, 0.2) is 0 Å². The average molecular weight is 269 g/mol. The topological polar surface area (TPSA) is 39.2 Å². The van der Waals surface area contributed by atoms with Gasteiger partial charge in [-0.15, -0.1) is 11.3 Å². The molecule has 0 saturated carbocycles. The van der Waals surface area contributed by atoms with Crippen LogP contribution in [0.25, 0.3) is 0 Å². The average Bonchev–Trinajstić information content (AvgIpc) is 2.31. The van der Waals surface area contributed by atoms with Gasteiger partial charge in [0.2, 0.25) is 0 Å². The van der Waals surface area contributed by atoms with Crippen molar-refractivity contribution < 1.29 is 9.53 Å². The molecule has 0 N–H and O–H groups in total. The molecule has 0 amide bonds. The monoisotopic (exact) mass is 269 g/mol. The third kappa shape index (κ3) is 1.91. The first-order valence-electron chi connectivity index (χ1n) is 2.47. The van der Waals surface area contributed by atoms with Crippen LogP contribution in [-0.2, 0) is 16.1 Å². The van der Waals surface area contributed by atoms with Crippen LogP contribution in [0, 0.1) is 2.88 Å². The van der Waals surface area contributed by atoms with Gasteiger partial charge in [-0.3, -0.25) is 4.79 Å². The summed E-state index contributed by atoms with van der Waals surface area (Å²) >= 11 is 3.69. The standard InChI is InChI=1S/C5H4INO2S/c6-5-4(1-9-3-8)7-2-10-5/h2-3H,1H2. The van der Waals surface area contributed by atoms with Crippen molar-refractivity contribution in [2.75, 3.05) is 0 Å². The van der Waals surface area contributed by atoms with Crippen LogP contribution in [0.1, 0.15) is 5.69 Å². The molecule has 0 aliphatic heterocycles. The largest absolute Gasteiger partial charge is 0.461 e. The fraction of sp³-hybridized carbons (Fsp3) is 0.200. The van der Waals surface area contributed by atoms with E-state index in [4.69, 9.17) is 0 Å². The number of aromatic nitrogens is 1. The highest BCUT2D eigenvalue weighted by molar-refractivity contribution is 14.1. The van der Waals surface area contributed by atoms with E-state index in [1.807, 2.05) is 0 Å². The Bertz CT molecular complexity index is 225. The molecule has 0 aliphatic rings. The van der Waals surface area contributed by atoms with Crippen molar-refractivity contribution in [1.29, 1.82) is 0 Å². The molecule has 0 radical (unpaired) electrons. The van der Waals surface area contributed by atoms with Crippen molar-refractivity contribution in [1.82, 2.24) is 4.98 Å². The number of rotatable bonds is 3. The van der Waals surface area contributed by atoms with Gasteiger partial charge in [-0.1, -0.05) is 0 Å². The number of hydrogen-bond acceptors (Lipinski definition) is 4. The van der Waals surface area contributed by atoms with E-state index < -0.39 is 0 Å². The van der Waals surface area contributed by atoms with Crippen LogP contribution in [0.5, 0.6) is 0 Å². The zero-order valence-corrected chi connectivity index (χ0v) is 7.89. The molecular formula is C5H4INO2S. The quantitative estimate of drug-likeness (QED) is 0.615. The summed E-state index contributed by atoms with van der Waals surface area (Å²) in [6, 6.07) is 0. The van der Waals surface area contributed by atoms with Gasteiger partial charge in [0.05, 0.1) is 8.39 Å². The summed E-state index contributed by atoms with van der Waals surface area (Å²) in [4.78, 5) is 13.7. The number of hydrogen-bond donors (Lipinski definition) is 0. The Hall–Kier alpha value is -0.170. The van der Waals surface area contributed by atoms with Crippen LogP contribution < -0.4 is 0 Å². The number of carbonyl (C=O) groups is 1. The van der Waals surface area contributed by atoms with E-state index in [1.54, 1.807) is 5.51 Å². The van der Waals surface area contributed by atoms with Crippen LogP contribution in [0.2, 0.25) is 0 Å². The summed E-state index contributed by atoms with van der Waals surface area (Å²) in [5, 5.41) is 0. The van der Waals surface area contributed by atoms with Crippen molar-refractivity contribution in [3.8, 4) is 0 Å². The number of ether oxygens (including phenoxy) is 1. The van der Waals surface area contributed by atoms with Crippen LogP contribution >= 0.6 is 33.9 Å². The lowest BCUT2D eigenvalue weighted by Crippen LogP contribution is -1.91. The molecule has 5 heteroatoms. The van der Waals surface area contributed by atoms with Crippen LogP contribution in [0.3, 0.4) is 0 Å². The number of nitrogens with zero attached hydrogens (tertiary/aromatic N) is 1. The van der Waals surface area contributed by atoms with Gasteiger partial charge in [-0.2, -0.15) is 0 Å². The summed E-state index contributed by atoms with van der Waals surface area (Å²) in [6.45, 7) is 0.709. The van der Waals surface area contributed by atoms with Crippen molar-refractivity contribution >= 4 is 40.4 Å². The molecule has 0 fully saturated rings. The van der Waals surface area contributed by atoms with Crippen molar-refractivity contribution in [3.05, 3.63) is 14.1 Å². The minimum Gasteiger partial charge on any atom is -0.461 e. The van der Waals surface area contributed by atoms with E-state index in [-0.39, 0.29) is 6.61 Å². The lowest BCUT2D eigenvalue weighted by Gasteiger charge is -1.92. The van der Waals surface area contributed by atoms with E-state index in [9.17, 15) is 4.79 Å². The molecule has 54 valence electrons. The first-order valence-corrected chi connectivity index (χ1v) is 4.43. The highest BCUT2D eigenvalue weighted by Crippen LogP contribution is 2.15. The maximum Gasteiger partial charge on any atom is 0.293 e. The third-order valence-corrected chi connectivity index (χ3v) is 2.92. The SMILES string of the molecule is O=COCc1ncsc1I. The molecule has 0 unspecified atom stereocenters. The minimum atomic E-state index is 0.283. The fourth-order valence-corrected chi connectivity index (χ4v) is 1.62. The molecule has 10 heavy (non-hydrogen) atoms. The van der Waals surface area contributed by atoms with E-state index in [0.29, 0.717) is 6.47 Å². The zero-order chi connectivity index (χ0) is 7.40. The summed E-state index contributed by atoms with van der Waals surface area (Å²) < 4.78 is 5.59. The molecule has 0 aliphatic carbocycles. The van der Waals surface area contributed by atoms with Gasteiger partial charge in [0.1, 0.15) is 12.3 Å². The van der Waals surface area contributed by atoms with E-state index in [1.165, 1.54) is 11.3 Å².